The highest BCUT2D eigenvalue weighted by Crippen LogP contribution is 2.11. The first kappa shape index (κ1) is 16.3. The molecule has 0 aliphatic heterocycles. The van der Waals surface area contributed by atoms with E-state index in [1.165, 1.54) is 0 Å². The van der Waals surface area contributed by atoms with Crippen molar-refractivity contribution in [2.75, 3.05) is 12.3 Å². The smallest absolute Gasteiger partial charge is 0.326 e. The third kappa shape index (κ3) is 4.22. The molecule has 0 unspecified atom stereocenters. The monoisotopic (exact) mass is 318 g/mol. The van der Waals surface area contributed by atoms with Crippen LogP contribution in [-0.4, -0.2) is 28.5 Å². The van der Waals surface area contributed by atoms with Crippen molar-refractivity contribution in [1.82, 2.24) is 15.3 Å². The maximum atomic E-state index is 12.1. The summed E-state index contributed by atoms with van der Waals surface area (Å²) in [6.45, 7) is 3.93. The zero-order valence-corrected chi connectivity index (χ0v) is 12.8. The van der Waals surface area contributed by atoms with Gasteiger partial charge in [-0.3, -0.25) is 14.6 Å². The Bertz CT molecular complexity index is 807. The molecule has 8 nitrogen and oxygen atoms in total. The number of carbonyl (C=O) groups excluding carboxylic acids is 1. The van der Waals surface area contributed by atoms with E-state index in [0.717, 1.165) is 5.56 Å². The number of nitrogens with two attached hydrogens (primary N) is 1. The molecule has 0 saturated heterocycles. The van der Waals surface area contributed by atoms with Crippen molar-refractivity contribution < 1.29 is 9.53 Å². The number of hydrogen-bond acceptors (Lipinski definition) is 5. The normalized spacial score (nSPS) is 11.7. The number of aromatic amines is 2. The van der Waals surface area contributed by atoms with E-state index in [-0.39, 0.29) is 24.0 Å². The van der Waals surface area contributed by atoms with Gasteiger partial charge in [0.2, 0.25) is 0 Å². The average molecular weight is 318 g/mol. The molecule has 0 saturated carbocycles. The highest BCUT2D eigenvalue weighted by Gasteiger charge is 2.16. The van der Waals surface area contributed by atoms with Crippen molar-refractivity contribution in [3.63, 3.8) is 0 Å². The molecule has 0 bridgehead atoms. The Kier molecular flexibility index (Phi) is 4.85. The summed E-state index contributed by atoms with van der Waals surface area (Å²) in [5.41, 5.74) is 4.42. The molecule has 1 heterocycles. The Balaban J connectivity index is 1.98. The first-order valence-electron chi connectivity index (χ1n) is 6.99. The number of aromatic nitrogens is 2. The van der Waals surface area contributed by atoms with Crippen molar-refractivity contribution in [2.45, 2.75) is 19.9 Å². The van der Waals surface area contributed by atoms with Crippen LogP contribution in [0.2, 0.25) is 0 Å². The first-order valence-corrected chi connectivity index (χ1v) is 6.99. The van der Waals surface area contributed by atoms with Crippen LogP contribution in [0, 0.1) is 6.92 Å². The zero-order chi connectivity index (χ0) is 17.0. The third-order valence-corrected chi connectivity index (χ3v) is 3.11. The Morgan fingerprint density at radius 1 is 1.26 bits per heavy atom. The number of carbonyl (C=O) groups is 1. The lowest BCUT2D eigenvalue weighted by Crippen LogP contribution is -2.40. The molecule has 23 heavy (non-hydrogen) atoms. The van der Waals surface area contributed by atoms with Gasteiger partial charge in [0, 0.05) is 0 Å². The summed E-state index contributed by atoms with van der Waals surface area (Å²) in [5, 5.41) is 2.61. The van der Waals surface area contributed by atoms with E-state index < -0.39 is 17.2 Å². The van der Waals surface area contributed by atoms with Gasteiger partial charge in [0.05, 0.1) is 6.04 Å². The molecule has 0 spiro atoms. The minimum atomic E-state index is -0.803. The van der Waals surface area contributed by atoms with Gasteiger partial charge in [-0.1, -0.05) is 17.7 Å². The van der Waals surface area contributed by atoms with Gasteiger partial charge in [0.25, 0.3) is 11.5 Å². The molecule has 0 fully saturated rings. The van der Waals surface area contributed by atoms with Gasteiger partial charge in [-0.05, 0) is 26.0 Å². The third-order valence-electron chi connectivity index (χ3n) is 3.11. The summed E-state index contributed by atoms with van der Waals surface area (Å²) in [6, 6.07) is 7.14. The second-order valence-electron chi connectivity index (χ2n) is 5.20. The lowest BCUT2D eigenvalue weighted by Gasteiger charge is -2.15. The Labute approximate surface area is 131 Å². The molecular weight excluding hydrogens is 300 g/mol. The summed E-state index contributed by atoms with van der Waals surface area (Å²) >= 11 is 0. The molecule has 8 heteroatoms. The Hall–Kier alpha value is -3.03. The zero-order valence-electron chi connectivity index (χ0n) is 12.8. The van der Waals surface area contributed by atoms with Crippen molar-refractivity contribution in [3.8, 4) is 5.75 Å². The van der Waals surface area contributed by atoms with E-state index in [9.17, 15) is 14.4 Å². The molecule has 0 radical (unpaired) electrons. The number of nitrogens with one attached hydrogen (secondary N) is 3. The molecular formula is C15H18N4O4. The van der Waals surface area contributed by atoms with Gasteiger partial charge >= 0.3 is 5.69 Å². The van der Waals surface area contributed by atoms with Crippen LogP contribution in [0.4, 0.5) is 5.69 Å². The maximum Gasteiger partial charge on any atom is 0.326 e. The van der Waals surface area contributed by atoms with Crippen molar-refractivity contribution >= 4 is 11.6 Å². The topological polar surface area (TPSA) is 130 Å². The fourth-order valence-electron chi connectivity index (χ4n) is 1.87. The molecule has 1 aromatic carbocycles. The molecule has 0 aliphatic carbocycles. The standard InChI is InChI=1S/C15H18N4O4/c1-8-3-5-10(6-4-8)23-7-9(2)17-14(21)12-11(16)13(20)19-15(22)18-12/h3-6,9H,7,16H2,1-2H3,(H,17,21)(H2,18,19,20,22)/t9-/m1/s1. The van der Waals surface area contributed by atoms with Crippen LogP contribution in [0.25, 0.3) is 0 Å². The van der Waals surface area contributed by atoms with Crippen LogP contribution in [0.3, 0.4) is 0 Å². The van der Waals surface area contributed by atoms with Crippen molar-refractivity contribution in [2.24, 2.45) is 0 Å². The summed E-state index contributed by atoms with van der Waals surface area (Å²) in [7, 11) is 0. The molecule has 0 aliphatic rings. The highest BCUT2D eigenvalue weighted by molar-refractivity contribution is 5.96. The number of H-pyrrole nitrogens is 2. The van der Waals surface area contributed by atoms with E-state index in [1.807, 2.05) is 36.2 Å². The van der Waals surface area contributed by atoms with Crippen LogP contribution >= 0.6 is 0 Å². The lowest BCUT2D eigenvalue weighted by atomic mass is 10.2. The number of hydrogen-bond donors (Lipinski definition) is 4. The summed E-state index contributed by atoms with van der Waals surface area (Å²) < 4.78 is 5.55. The van der Waals surface area contributed by atoms with Crippen molar-refractivity contribution in [3.05, 3.63) is 56.4 Å². The summed E-state index contributed by atoms with van der Waals surface area (Å²) in [6.07, 6.45) is 0. The minimum Gasteiger partial charge on any atom is -0.491 e. The molecule has 122 valence electrons. The first-order chi connectivity index (χ1) is 10.9. The molecule has 5 N–H and O–H groups in total. The number of nitrogen functional groups attached to an aromatic ring is 1. The lowest BCUT2D eigenvalue weighted by molar-refractivity contribution is 0.0922. The fraction of sp³-hybridized carbons (Fsp3) is 0.267. The summed E-state index contributed by atoms with van der Waals surface area (Å²) in [5.74, 6) is 0.0338. The molecule has 2 rings (SSSR count). The van der Waals surface area contributed by atoms with Crippen molar-refractivity contribution in [1.29, 1.82) is 0 Å². The van der Waals surface area contributed by atoms with Crippen LogP contribution in [0.1, 0.15) is 23.0 Å². The quantitative estimate of drug-likeness (QED) is 0.623. The van der Waals surface area contributed by atoms with Crippen LogP contribution in [0.5, 0.6) is 5.75 Å². The second kappa shape index (κ2) is 6.82. The van der Waals surface area contributed by atoms with E-state index >= 15 is 0 Å². The Morgan fingerprint density at radius 3 is 2.57 bits per heavy atom. The molecule has 2 aromatic rings. The molecule has 1 atom stereocenters. The predicted octanol–water partition coefficient (Wildman–Crippen LogP) is 0.151. The van der Waals surface area contributed by atoms with E-state index in [1.54, 1.807) is 6.92 Å². The number of rotatable bonds is 5. The van der Waals surface area contributed by atoms with Gasteiger partial charge in [0.15, 0.2) is 0 Å². The average Bonchev–Trinajstić information content (AvgIpc) is 2.50. The number of aryl methyl sites for hydroxylation is 1. The number of benzene rings is 1. The number of ether oxygens (including phenoxy) is 1. The Morgan fingerprint density at radius 2 is 1.91 bits per heavy atom. The minimum absolute atomic E-state index is 0.224. The van der Waals surface area contributed by atoms with E-state index in [2.05, 4.69) is 10.3 Å². The van der Waals surface area contributed by atoms with Gasteiger partial charge < -0.3 is 20.8 Å². The van der Waals surface area contributed by atoms with E-state index in [4.69, 9.17) is 10.5 Å². The predicted molar refractivity (Wildman–Crippen MR) is 85.7 cm³/mol. The van der Waals surface area contributed by atoms with Crippen LogP contribution in [-0.2, 0) is 0 Å². The van der Waals surface area contributed by atoms with Crippen LogP contribution in [0.15, 0.2) is 33.9 Å². The van der Waals surface area contributed by atoms with Crippen LogP contribution < -0.4 is 27.0 Å². The number of amides is 1. The summed E-state index contributed by atoms with van der Waals surface area (Å²) in [4.78, 5) is 38.8. The fourth-order valence-corrected chi connectivity index (χ4v) is 1.87. The van der Waals surface area contributed by atoms with Gasteiger partial charge in [0.1, 0.15) is 23.7 Å². The highest BCUT2D eigenvalue weighted by atomic mass is 16.5. The molecule has 1 amide bonds. The van der Waals surface area contributed by atoms with Gasteiger partial charge in [-0.15, -0.1) is 0 Å². The second-order valence-corrected chi connectivity index (χ2v) is 5.20. The largest absolute Gasteiger partial charge is 0.491 e. The van der Waals surface area contributed by atoms with Gasteiger partial charge in [-0.2, -0.15) is 0 Å². The maximum absolute atomic E-state index is 12.1. The van der Waals surface area contributed by atoms with E-state index in [0.29, 0.717) is 5.75 Å². The molecule has 1 aromatic heterocycles. The SMILES string of the molecule is Cc1ccc(OC[C@@H](C)NC(=O)c2[nH]c(=O)[nH]c(=O)c2N)cc1. The number of anilines is 1. The van der Waals surface area contributed by atoms with Gasteiger partial charge in [-0.25, -0.2) is 4.79 Å².